The predicted octanol–water partition coefficient (Wildman–Crippen LogP) is 2.64. The SMILES string of the molecule is O=c1nc(-c2ccccc2)nc(-c2ccc(F)cc2)[nH]1. The zero-order valence-electron chi connectivity index (χ0n) is 10.4. The summed E-state index contributed by atoms with van der Waals surface area (Å²) in [6.07, 6.45) is 0. The van der Waals surface area contributed by atoms with Crippen molar-refractivity contribution >= 4 is 0 Å². The number of aromatic amines is 1. The molecule has 0 amide bonds. The number of hydrogen-bond acceptors (Lipinski definition) is 3. The van der Waals surface area contributed by atoms with Gasteiger partial charge in [-0.2, -0.15) is 4.98 Å². The van der Waals surface area contributed by atoms with E-state index in [4.69, 9.17) is 0 Å². The van der Waals surface area contributed by atoms with Crippen molar-refractivity contribution in [3.63, 3.8) is 0 Å². The Morgan fingerprint density at radius 2 is 1.55 bits per heavy atom. The van der Waals surface area contributed by atoms with E-state index in [-0.39, 0.29) is 5.82 Å². The van der Waals surface area contributed by atoms with E-state index in [0.717, 1.165) is 5.56 Å². The quantitative estimate of drug-likeness (QED) is 0.776. The van der Waals surface area contributed by atoms with Crippen LogP contribution in [0.25, 0.3) is 22.8 Å². The fourth-order valence-electron chi connectivity index (χ4n) is 1.85. The molecule has 2 aromatic carbocycles. The molecule has 4 nitrogen and oxygen atoms in total. The van der Waals surface area contributed by atoms with Crippen LogP contribution in [0.2, 0.25) is 0 Å². The first-order valence-electron chi connectivity index (χ1n) is 6.02. The third-order valence-electron chi connectivity index (χ3n) is 2.80. The van der Waals surface area contributed by atoms with Gasteiger partial charge in [0.05, 0.1) is 0 Å². The molecule has 0 saturated heterocycles. The smallest absolute Gasteiger partial charge is 0.290 e. The lowest BCUT2D eigenvalue weighted by Crippen LogP contribution is -2.14. The molecule has 1 N–H and O–H groups in total. The molecule has 98 valence electrons. The summed E-state index contributed by atoms with van der Waals surface area (Å²) in [5, 5.41) is 0. The summed E-state index contributed by atoms with van der Waals surface area (Å²) in [4.78, 5) is 22.4. The number of halogens is 1. The van der Waals surface area contributed by atoms with Crippen LogP contribution in [0.5, 0.6) is 0 Å². The van der Waals surface area contributed by atoms with Crippen molar-refractivity contribution < 1.29 is 4.39 Å². The van der Waals surface area contributed by atoms with Crippen LogP contribution in [0, 0.1) is 5.82 Å². The van der Waals surface area contributed by atoms with Crippen LogP contribution in [0.3, 0.4) is 0 Å². The highest BCUT2D eigenvalue weighted by atomic mass is 19.1. The first-order valence-corrected chi connectivity index (χ1v) is 6.02. The molecule has 0 atom stereocenters. The van der Waals surface area contributed by atoms with Crippen molar-refractivity contribution in [1.82, 2.24) is 15.0 Å². The van der Waals surface area contributed by atoms with E-state index >= 15 is 0 Å². The lowest BCUT2D eigenvalue weighted by Gasteiger charge is -2.03. The lowest BCUT2D eigenvalue weighted by atomic mass is 10.2. The van der Waals surface area contributed by atoms with Crippen LogP contribution in [-0.2, 0) is 0 Å². The van der Waals surface area contributed by atoms with Gasteiger partial charge in [0.25, 0.3) is 0 Å². The monoisotopic (exact) mass is 267 g/mol. The van der Waals surface area contributed by atoms with Gasteiger partial charge in [-0.3, -0.25) is 4.98 Å². The van der Waals surface area contributed by atoms with Gasteiger partial charge < -0.3 is 0 Å². The fourth-order valence-corrected chi connectivity index (χ4v) is 1.85. The number of hydrogen-bond donors (Lipinski definition) is 1. The Labute approximate surface area is 114 Å². The van der Waals surface area contributed by atoms with E-state index in [0.29, 0.717) is 17.2 Å². The van der Waals surface area contributed by atoms with Crippen molar-refractivity contribution in [3.8, 4) is 22.8 Å². The molecule has 0 aliphatic carbocycles. The summed E-state index contributed by atoms with van der Waals surface area (Å²) in [6, 6.07) is 15.0. The fraction of sp³-hybridized carbons (Fsp3) is 0. The van der Waals surface area contributed by atoms with Gasteiger partial charge in [-0.1, -0.05) is 30.3 Å². The minimum atomic E-state index is -0.488. The highest BCUT2D eigenvalue weighted by Gasteiger charge is 2.07. The first-order chi connectivity index (χ1) is 9.72. The number of nitrogens with zero attached hydrogens (tertiary/aromatic N) is 2. The molecule has 0 radical (unpaired) electrons. The van der Waals surface area contributed by atoms with Crippen LogP contribution in [0.4, 0.5) is 4.39 Å². The molecule has 5 heteroatoms. The van der Waals surface area contributed by atoms with Gasteiger partial charge in [0.15, 0.2) is 5.82 Å². The van der Waals surface area contributed by atoms with E-state index in [9.17, 15) is 9.18 Å². The lowest BCUT2D eigenvalue weighted by molar-refractivity contribution is 0.628. The minimum absolute atomic E-state index is 0.339. The van der Waals surface area contributed by atoms with E-state index in [1.54, 1.807) is 12.1 Å². The Bertz CT molecular complexity index is 782. The average molecular weight is 267 g/mol. The van der Waals surface area contributed by atoms with Crippen LogP contribution >= 0.6 is 0 Å². The normalized spacial score (nSPS) is 10.4. The number of H-pyrrole nitrogens is 1. The second-order valence-electron chi connectivity index (χ2n) is 4.20. The maximum atomic E-state index is 12.9. The molecule has 1 aromatic heterocycles. The van der Waals surface area contributed by atoms with Crippen LogP contribution < -0.4 is 5.69 Å². The Balaban J connectivity index is 2.12. The molecule has 3 rings (SSSR count). The summed E-state index contributed by atoms with van der Waals surface area (Å²) < 4.78 is 12.9. The van der Waals surface area contributed by atoms with E-state index in [2.05, 4.69) is 15.0 Å². The number of rotatable bonds is 2. The maximum Gasteiger partial charge on any atom is 0.348 e. The molecule has 0 fully saturated rings. The summed E-state index contributed by atoms with van der Waals surface area (Å²) >= 11 is 0. The van der Waals surface area contributed by atoms with Crippen molar-refractivity contribution in [2.24, 2.45) is 0 Å². The maximum absolute atomic E-state index is 12.9. The third-order valence-corrected chi connectivity index (χ3v) is 2.80. The number of benzene rings is 2. The Morgan fingerprint density at radius 1 is 0.850 bits per heavy atom. The zero-order valence-corrected chi connectivity index (χ0v) is 10.4. The summed E-state index contributed by atoms with van der Waals surface area (Å²) in [7, 11) is 0. The van der Waals surface area contributed by atoms with Gasteiger partial charge in [0.2, 0.25) is 0 Å². The number of aromatic nitrogens is 3. The minimum Gasteiger partial charge on any atom is -0.290 e. The topological polar surface area (TPSA) is 58.6 Å². The molecule has 0 spiro atoms. The van der Waals surface area contributed by atoms with Gasteiger partial charge in [0, 0.05) is 11.1 Å². The van der Waals surface area contributed by atoms with Gasteiger partial charge in [-0.05, 0) is 24.3 Å². The highest BCUT2D eigenvalue weighted by molar-refractivity contribution is 5.60. The van der Waals surface area contributed by atoms with Crippen LogP contribution in [0.15, 0.2) is 59.4 Å². The second-order valence-corrected chi connectivity index (χ2v) is 4.20. The number of nitrogens with one attached hydrogen (secondary N) is 1. The standard InChI is InChI=1S/C15H10FN3O/c16-12-8-6-11(7-9-12)14-17-13(18-15(20)19-14)10-4-2-1-3-5-10/h1-9H,(H,17,18,19,20). The molecule has 3 aromatic rings. The van der Waals surface area contributed by atoms with Gasteiger partial charge in [-0.25, -0.2) is 14.2 Å². The second kappa shape index (κ2) is 5.05. The van der Waals surface area contributed by atoms with Crippen LogP contribution in [-0.4, -0.2) is 15.0 Å². The van der Waals surface area contributed by atoms with Crippen molar-refractivity contribution in [2.45, 2.75) is 0 Å². The third kappa shape index (κ3) is 2.47. The van der Waals surface area contributed by atoms with E-state index in [1.807, 2.05) is 30.3 Å². The van der Waals surface area contributed by atoms with Gasteiger partial charge >= 0.3 is 5.69 Å². The molecule has 0 aliphatic heterocycles. The van der Waals surface area contributed by atoms with Crippen molar-refractivity contribution in [2.75, 3.05) is 0 Å². The van der Waals surface area contributed by atoms with E-state index in [1.165, 1.54) is 12.1 Å². The molecule has 0 saturated carbocycles. The molecule has 0 aliphatic rings. The Kier molecular flexibility index (Phi) is 3.09. The molecule has 20 heavy (non-hydrogen) atoms. The van der Waals surface area contributed by atoms with E-state index < -0.39 is 5.69 Å². The first kappa shape index (κ1) is 12.2. The molecule has 0 unspecified atom stereocenters. The highest BCUT2D eigenvalue weighted by Crippen LogP contribution is 2.17. The molecule has 1 heterocycles. The zero-order chi connectivity index (χ0) is 13.9. The summed E-state index contributed by atoms with van der Waals surface area (Å²) in [6.45, 7) is 0. The predicted molar refractivity (Wildman–Crippen MR) is 73.5 cm³/mol. The molecular weight excluding hydrogens is 257 g/mol. The Morgan fingerprint density at radius 3 is 2.25 bits per heavy atom. The summed E-state index contributed by atoms with van der Waals surface area (Å²) in [5.41, 5.74) is 0.892. The van der Waals surface area contributed by atoms with Gasteiger partial charge in [-0.15, -0.1) is 0 Å². The average Bonchev–Trinajstić information content (AvgIpc) is 2.48. The van der Waals surface area contributed by atoms with Crippen molar-refractivity contribution in [1.29, 1.82) is 0 Å². The molecule has 0 bridgehead atoms. The van der Waals surface area contributed by atoms with Gasteiger partial charge in [0.1, 0.15) is 11.6 Å². The Hall–Kier alpha value is -2.82. The van der Waals surface area contributed by atoms with Crippen molar-refractivity contribution in [3.05, 3.63) is 70.9 Å². The largest absolute Gasteiger partial charge is 0.348 e. The van der Waals surface area contributed by atoms with Crippen LogP contribution in [0.1, 0.15) is 0 Å². The summed E-state index contributed by atoms with van der Waals surface area (Å²) in [5.74, 6) is 0.367. The molecular formula is C15H10FN3O.